The van der Waals surface area contributed by atoms with Gasteiger partial charge in [-0.25, -0.2) is 5.10 Å². The highest BCUT2D eigenvalue weighted by molar-refractivity contribution is 5.80. The molecule has 0 bridgehead atoms. The first-order valence-electron chi connectivity index (χ1n) is 8.39. The van der Waals surface area contributed by atoms with Crippen molar-refractivity contribution in [3.8, 4) is 11.5 Å². The maximum Gasteiger partial charge on any atom is 0.266 e. The van der Waals surface area contributed by atoms with Crippen molar-refractivity contribution >= 4 is 11.6 Å². The van der Waals surface area contributed by atoms with Crippen LogP contribution in [-0.4, -0.2) is 43.4 Å². The Bertz CT molecular complexity index is 836. The minimum Gasteiger partial charge on any atom is -0.493 e. The van der Waals surface area contributed by atoms with Gasteiger partial charge in [-0.1, -0.05) is 12.1 Å². The van der Waals surface area contributed by atoms with E-state index in [0.29, 0.717) is 31.1 Å². The van der Waals surface area contributed by atoms with E-state index < -0.39 is 0 Å². The number of rotatable bonds is 6. The first-order valence-corrected chi connectivity index (χ1v) is 8.39. The lowest BCUT2D eigenvalue weighted by molar-refractivity contribution is -0.124. The molecule has 2 N–H and O–H groups in total. The van der Waals surface area contributed by atoms with Gasteiger partial charge in [-0.15, -0.1) is 0 Å². The molecule has 1 aromatic heterocycles. The fourth-order valence-electron chi connectivity index (χ4n) is 3.17. The standard InChI is InChI=1S/C18H22N4O4/c1-25-15-5-3-4-12(17(15)26-2)9-19-18(24)13-6-7-22(11-13)14-8-16(23)21-20-10-14/h3-5,8,10,13H,6-7,9,11H2,1-2H3,(H,19,24)(H,21,23). The molecular weight excluding hydrogens is 336 g/mol. The van der Waals surface area contributed by atoms with E-state index in [-0.39, 0.29) is 17.4 Å². The number of anilines is 1. The quantitative estimate of drug-likeness (QED) is 0.797. The Morgan fingerprint density at radius 2 is 2.23 bits per heavy atom. The second-order valence-corrected chi connectivity index (χ2v) is 6.11. The highest BCUT2D eigenvalue weighted by Gasteiger charge is 2.28. The van der Waals surface area contributed by atoms with Crippen LogP contribution in [0, 0.1) is 5.92 Å². The van der Waals surface area contributed by atoms with E-state index in [1.807, 2.05) is 23.1 Å². The van der Waals surface area contributed by atoms with Crippen LogP contribution in [0.2, 0.25) is 0 Å². The van der Waals surface area contributed by atoms with E-state index in [4.69, 9.17) is 9.47 Å². The molecule has 1 aliphatic heterocycles. The van der Waals surface area contributed by atoms with Crippen molar-refractivity contribution < 1.29 is 14.3 Å². The van der Waals surface area contributed by atoms with E-state index in [0.717, 1.165) is 17.7 Å². The van der Waals surface area contributed by atoms with Crippen molar-refractivity contribution in [1.29, 1.82) is 0 Å². The van der Waals surface area contributed by atoms with E-state index >= 15 is 0 Å². The summed E-state index contributed by atoms with van der Waals surface area (Å²) in [4.78, 5) is 25.9. The highest BCUT2D eigenvalue weighted by atomic mass is 16.5. The van der Waals surface area contributed by atoms with Crippen LogP contribution in [0.3, 0.4) is 0 Å². The predicted molar refractivity (Wildman–Crippen MR) is 96.6 cm³/mol. The number of carbonyl (C=O) groups excluding carboxylic acids is 1. The summed E-state index contributed by atoms with van der Waals surface area (Å²) in [6.07, 6.45) is 2.33. The molecule has 1 unspecified atom stereocenters. The number of methoxy groups -OCH3 is 2. The molecule has 1 aromatic carbocycles. The number of aromatic amines is 1. The van der Waals surface area contributed by atoms with E-state index in [9.17, 15) is 9.59 Å². The van der Waals surface area contributed by atoms with Gasteiger partial charge in [-0.3, -0.25) is 9.59 Å². The van der Waals surface area contributed by atoms with Crippen molar-refractivity contribution in [1.82, 2.24) is 15.5 Å². The van der Waals surface area contributed by atoms with Gasteiger partial charge in [0, 0.05) is 31.3 Å². The lowest BCUT2D eigenvalue weighted by Crippen LogP contribution is -2.32. The maximum absolute atomic E-state index is 12.5. The second kappa shape index (κ2) is 7.90. The van der Waals surface area contributed by atoms with Crippen molar-refractivity contribution in [3.05, 3.63) is 46.4 Å². The minimum absolute atomic E-state index is 0.0184. The molecule has 26 heavy (non-hydrogen) atoms. The molecule has 0 saturated carbocycles. The Labute approximate surface area is 151 Å². The number of hydrogen-bond donors (Lipinski definition) is 2. The van der Waals surface area contributed by atoms with Gasteiger partial charge in [-0.2, -0.15) is 5.10 Å². The van der Waals surface area contributed by atoms with Crippen LogP contribution in [-0.2, 0) is 11.3 Å². The summed E-state index contributed by atoms with van der Waals surface area (Å²) in [6.45, 7) is 1.64. The van der Waals surface area contributed by atoms with Crippen molar-refractivity contribution in [2.45, 2.75) is 13.0 Å². The summed E-state index contributed by atoms with van der Waals surface area (Å²) in [6, 6.07) is 7.06. The van der Waals surface area contributed by atoms with Gasteiger partial charge < -0.3 is 19.7 Å². The van der Waals surface area contributed by atoms with Crippen LogP contribution in [0.15, 0.2) is 35.3 Å². The lowest BCUT2D eigenvalue weighted by atomic mass is 10.1. The third kappa shape index (κ3) is 3.79. The number of carbonyl (C=O) groups is 1. The third-order valence-electron chi connectivity index (χ3n) is 4.51. The molecule has 3 rings (SSSR count). The van der Waals surface area contributed by atoms with Crippen LogP contribution in [0.25, 0.3) is 0 Å². The monoisotopic (exact) mass is 358 g/mol. The Kier molecular flexibility index (Phi) is 5.40. The predicted octanol–water partition coefficient (Wildman–Crippen LogP) is 0.930. The molecule has 0 aliphatic carbocycles. The fraction of sp³-hybridized carbons (Fsp3) is 0.389. The fourth-order valence-corrected chi connectivity index (χ4v) is 3.17. The Morgan fingerprint density at radius 1 is 1.38 bits per heavy atom. The molecule has 138 valence electrons. The molecule has 2 heterocycles. The number of H-pyrrole nitrogens is 1. The summed E-state index contributed by atoms with van der Waals surface area (Å²) >= 11 is 0. The molecule has 1 fully saturated rings. The zero-order chi connectivity index (χ0) is 18.5. The molecule has 8 heteroatoms. The number of aromatic nitrogens is 2. The van der Waals surface area contributed by atoms with Crippen molar-refractivity contribution in [2.75, 3.05) is 32.2 Å². The zero-order valence-electron chi connectivity index (χ0n) is 14.8. The largest absolute Gasteiger partial charge is 0.493 e. The van der Waals surface area contributed by atoms with Gasteiger partial charge in [0.1, 0.15) is 0 Å². The van der Waals surface area contributed by atoms with Gasteiger partial charge in [0.05, 0.1) is 32.0 Å². The SMILES string of the molecule is COc1cccc(CNC(=O)C2CCN(c3cn[nH]c(=O)c3)C2)c1OC. The van der Waals surface area contributed by atoms with Crippen LogP contribution < -0.4 is 25.2 Å². The van der Waals surface area contributed by atoms with Gasteiger partial charge in [0.2, 0.25) is 5.91 Å². The topological polar surface area (TPSA) is 96.5 Å². The van der Waals surface area contributed by atoms with E-state index in [1.165, 1.54) is 6.07 Å². The summed E-state index contributed by atoms with van der Waals surface area (Å²) in [5.41, 5.74) is 1.34. The number of ether oxygens (including phenoxy) is 2. The average molecular weight is 358 g/mol. The summed E-state index contributed by atoms with van der Waals surface area (Å²) < 4.78 is 10.7. The van der Waals surface area contributed by atoms with E-state index in [1.54, 1.807) is 20.4 Å². The molecular formula is C18H22N4O4. The lowest BCUT2D eigenvalue weighted by Gasteiger charge is -2.18. The van der Waals surface area contributed by atoms with Gasteiger partial charge in [-0.05, 0) is 12.5 Å². The molecule has 1 saturated heterocycles. The molecule has 0 radical (unpaired) electrons. The van der Waals surface area contributed by atoms with Crippen LogP contribution >= 0.6 is 0 Å². The van der Waals surface area contributed by atoms with Crippen LogP contribution in [0.5, 0.6) is 11.5 Å². The number of benzene rings is 1. The van der Waals surface area contributed by atoms with Crippen LogP contribution in [0.4, 0.5) is 5.69 Å². The maximum atomic E-state index is 12.5. The molecule has 2 aromatic rings. The van der Waals surface area contributed by atoms with Crippen LogP contribution in [0.1, 0.15) is 12.0 Å². The number of nitrogens with one attached hydrogen (secondary N) is 2. The van der Waals surface area contributed by atoms with E-state index in [2.05, 4.69) is 15.5 Å². The highest BCUT2D eigenvalue weighted by Crippen LogP contribution is 2.30. The number of para-hydroxylation sites is 1. The molecule has 1 aliphatic rings. The van der Waals surface area contributed by atoms with Crippen molar-refractivity contribution in [2.24, 2.45) is 5.92 Å². The average Bonchev–Trinajstić information content (AvgIpc) is 3.16. The normalized spacial score (nSPS) is 16.4. The molecule has 1 atom stereocenters. The first-order chi connectivity index (χ1) is 12.6. The Hall–Kier alpha value is -3.03. The summed E-state index contributed by atoms with van der Waals surface area (Å²) in [5, 5.41) is 9.12. The van der Waals surface area contributed by atoms with Gasteiger partial charge >= 0.3 is 0 Å². The third-order valence-corrected chi connectivity index (χ3v) is 4.51. The second-order valence-electron chi connectivity index (χ2n) is 6.11. The number of nitrogens with zero attached hydrogens (tertiary/aromatic N) is 2. The Morgan fingerprint density at radius 3 is 2.96 bits per heavy atom. The first kappa shape index (κ1) is 17.8. The smallest absolute Gasteiger partial charge is 0.266 e. The minimum atomic E-state index is -0.250. The summed E-state index contributed by atoms with van der Waals surface area (Å²) in [5.74, 6) is 1.10. The zero-order valence-corrected chi connectivity index (χ0v) is 14.8. The van der Waals surface area contributed by atoms with Gasteiger partial charge in [0.25, 0.3) is 5.56 Å². The molecule has 1 amide bonds. The summed E-state index contributed by atoms with van der Waals surface area (Å²) in [7, 11) is 3.16. The van der Waals surface area contributed by atoms with Crippen molar-refractivity contribution in [3.63, 3.8) is 0 Å². The Balaban J connectivity index is 1.61. The molecule has 8 nitrogen and oxygen atoms in total. The molecule has 0 spiro atoms. The number of hydrogen-bond acceptors (Lipinski definition) is 6. The van der Waals surface area contributed by atoms with Gasteiger partial charge in [0.15, 0.2) is 11.5 Å². The number of amides is 1.